The molecule has 5 nitrogen and oxygen atoms in total. The zero-order valence-corrected chi connectivity index (χ0v) is 22.2. The van der Waals surface area contributed by atoms with Gasteiger partial charge in [-0.3, -0.25) is 14.5 Å². The number of halogens is 3. The fourth-order valence-corrected chi connectivity index (χ4v) is 5.16. The molecule has 1 aromatic heterocycles. The SMILES string of the molecule is Cc1cc2oc3c(c(=O)c2cc1C)C(c1cccc(OCc2ccccc2)c1)N(c1cccc(C(F)(F)F)c1)C3=O. The maximum atomic E-state index is 14.0. The van der Waals surface area contributed by atoms with E-state index < -0.39 is 29.1 Å². The van der Waals surface area contributed by atoms with Crippen LogP contribution < -0.4 is 15.1 Å². The minimum Gasteiger partial charge on any atom is -0.489 e. The van der Waals surface area contributed by atoms with Gasteiger partial charge in [-0.15, -0.1) is 0 Å². The van der Waals surface area contributed by atoms with E-state index in [9.17, 15) is 22.8 Å². The maximum Gasteiger partial charge on any atom is 0.416 e. The molecule has 1 atom stereocenters. The van der Waals surface area contributed by atoms with Gasteiger partial charge in [0.15, 0.2) is 5.43 Å². The molecule has 0 fully saturated rings. The number of carbonyl (C=O) groups is 1. The maximum absolute atomic E-state index is 14.0. The summed E-state index contributed by atoms with van der Waals surface area (Å²) in [7, 11) is 0. The molecule has 0 saturated heterocycles. The van der Waals surface area contributed by atoms with Gasteiger partial charge in [-0.2, -0.15) is 13.2 Å². The smallest absolute Gasteiger partial charge is 0.416 e. The standard InChI is InChI=1S/C33H24F3NO4/c1-19-14-26-27(15-20(19)2)41-31-28(30(26)38)29(37(32(31)39)24-12-7-11-23(17-24)33(34,35)36)22-10-6-13-25(16-22)40-18-21-8-4-3-5-9-21/h3-17,29H,18H2,1-2H3. The van der Waals surface area contributed by atoms with Crippen molar-refractivity contribution in [1.29, 1.82) is 0 Å². The van der Waals surface area contributed by atoms with E-state index >= 15 is 0 Å². The molecule has 2 heterocycles. The minimum atomic E-state index is -4.62. The molecule has 0 radical (unpaired) electrons. The van der Waals surface area contributed by atoms with Crippen molar-refractivity contribution in [1.82, 2.24) is 0 Å². The third kappa shape index (κ3) is 4.75. The summed E-state index contributed by atoms with van der Waals surface area (Å²) < 4.78 is 53.0. The number of anilines is 1. The number of benzene rings is 4. The van der Waals surface area contributed by atoms with Crippen LogP contribution in [0.2, 0.25) is 0 Å². The van der Waals surface area contributed by atoms with Gasteiger partial charge in [-0.05, 0) is 78.6 Å². The van der Waals surface area contributed by atoms with Crippen molar-refractivity contribution in [2.45, 2.75) is 32.7 Å². The molecule has 0 saturated carbocycles. The molecule has 0 N–H and O–H groups in total. The number of ether oxygens (including phenoxy) is 1. The molecule has 0 bridgehead atoms. The summed E-state index contributed by atoms with van der Waals surface area (Å²) in [6.45, 7) is 4.02. The average Bonchev–Trinajstić information content (AvgIpc) is 3.25. The molecule has 6 rings (SSSR count). The Morgan fingerprint density at radius 2 is 1.59 bits per heavy atom. The Labute approximate surface area is 233 Å². The lowest BCUT2D eigenvalue weighted by Crippen LogP contribution is -2.29. The second-order valence-electron chi connectivity index (χ2n) is 10.1. The molecule has 8 heteroatoms. The predicted molar refractivity (Wildman–Crippen MR) is 149 cm³/mol. The summed E-state index contributed by atoms with van der Waals surface area (Å²) in [5, 5.41) is 0.298. The Kier molecular flexibility index (Phi) is 6.41. The van der Waals surface area contributed by atoms with Crippen molar-refractivity contribution < 1.29 is 27.1 Å². The van der Waals surface area contributed by atoms with Crippen LogP contribution in [0.15, 0.2) is 100 Å². The second-order valence-corrected chi connectivity index (χ2v) is 10.1. The third-order valence-corrected chi connectivity index (χ3v) is 7.36. The highest BCUT2D eigenvalue weighted by Crippen LogP contribution is 2.43. The largest absolute Gasteiger partial charge is 0.489 e. The fraction of sp³-hybridized carbons (Fsp3) is 0.152. The first-order valence-electron chi connectivity index (χ1n) is 13.0. The topological polar surface area (TPSA) is 59.8 Å². The van der Waals surface area contributed by atoms with Gasteiger partial charge in [-0.1, -0.05) is 48.5 Å². The Hall–Kier alpha value is -4.85. The van der Waals surface area contributed by atoms with Gasteiger partial charge in [0.2, 0.25) is 5.76 Å². The summed E-state index contributed by atoms with van der Waals surface area (Å²) in [4.78, 5) is 29.0. The van der Waals surface area contributed by atoms with Gasteiger partial charge < -0.3 is 9.15 Å². The van der Waals surface area contributed by atoms with Gasteiger partial charge in [0, 0.05) is 5.69 Å². The number of carbonyl (C=O) groups excluding carboxylic acids is 1. The second kappa shape index (κ2) is 9.96. The van der Waals surface area contributed by atoms with E-state index in [0.29, 0.717) is 16.7 Å². The van der Waals surface area contributed by atoms with E-state index in [1.54, 1.807) is 36.4 Å². The van der Waals surface area contributed by atoms with Crippen LogP contribution in [0.1, 0.15) is 50.0 Å². The highest BCUT2D eigenvalue weighted by molar-refractivity contribution is 6.10. The first-order chi connectivity index (χ1) is 19.6. The lowest BCUT2D eigenvalue weighted by molar-refractivity contribution is -0.137. The number of nitrogens with zero attached hydrogens (tertiary/aromatic N) is 1. The summed E-state index contributed by atoms with van der Waals surface area (Å²) in [6, 6.07) is 23.3. The van der Waals surface area contributed by atoms with Crippen LogP contribution in [0.25, 0.3) is 11.0 Å². The summed E-state index contributed by atoms with van der Waals surface area (Å²) in [5.74, 6) is -0.408. The normalized spacial score (nSPS) is 14.9. The Balaban J connectivity index is 1.52. The fourth-order valence-electron chi connectivity index (χ4n) is 5.16. The molecule has 1 amide bonds. The molecule has 1 unspecified atom stereocenters. The number of hydrogen-bond acceptors (Lipinski definition) is 4. The number of aryl methyl sites for hydroxylation is 2. The summed E-state index contributed by atoms with van der Waals surface area (Å²) in [5.41, 5.74) is 2.18. The molecule has 4 aromatic carbocycles. The molecule has 0 spiro atoms. The molecule has 5 aromatic rings. The van der Waals surface area contributed by atoms with Crippen LogP contribution in [-0.4, -0.2) is 5.91 Å². The van der Waals surface area contributed by atoms with Gasteiger partial charge in [0.05, 0.1) is 22.6 Å². The summed E-state index contributed by atoms with van der Waals surface area (Å²) in [6.07, 6.45) is -4.62. The molecule has 0 aliphatic carbocycles. The first-order valence-corrected chi connectivity index (χ1v) is 13.0. The van der Waals surface area contributed by atoms with E-state index in [-0.39, 0.29) is 29.2 Å². The summed E-state index contributed by atoms with van der Waals surface area (Å²) >= 11 is 0. The lowest BCUT2D eigenvalue weighted by Gasteiger charge is -2.26. The van der Waals surface area contributed by atoms with E-state index in [2.05, 4.69) is 0 Å². The molecular formula is C33H24F3NO4. The van der Waals surface area contributed by atoms with E-state index in [1.165, 1.54) is 17.0 Å². The number of alkyl halides is 3. The molecular weight excluding hydrogens is 531 g/mol. The van der Waals surface area contributed by atoms with E-state index in [1.807, 2.05) is 44.2 Å². The van der Waals surface area contributed by atoms with Crippen molar-refractivity contribution in [2.75, 3.05) is 4.90 Å². The number of amides is 1. The third-order valence-electron chi connectivity index (χ3n) is 7.36. The zero-order valence-electron chi connectivity index (χ0n) is 22.2. The first kappa shape index (κ1) is 26.4. The Morgan fingerprint density at radius 1 is 0.854 bits per heavy atom. The predicted octanol–water partition coefficient (Wildman–Crippen LogP) is 7.76. The zero-order chi connectivity index (χ0) is 28.9. The molecule has 1 aliphatic heterocycles. The average molecular weight is 556 g/mol. The van der Waals surface area contributed by atoms with Crippen molar-refractivity contribution in [3.05, 3.63) is 140 Å². The van der Waals surface area contributed by atoms with Gasteiger partial charge in [-0.25, -0.2) is 0 Å². The van der Waals surface area contributed by atoms with Crippen LogP contribution >= 0.6 is 0 Å². The van der Waals surface area contributed by atoms with Crippen LogP contribution in [0.3, 0.4) is 0 Å². The highest BCUT2D eigenvalue weighted by atomic mass is 19.4. The highest BCUT2D eigenvalue weighted by Gasteiger charge is 2.44. The van der Waals surface area contributed by atoms with Crippen molar-refractivity contribution in [3.8, 4) is 5.75 Å². The van der Waals surface area contributed by atoms with Gasteiger partial charge in [0.25, 0.3) is 5.91 Å². The Morgan fingerprint density at radius 3 is 2.34 bits per heavy atom. The van der Waals surface area contributed by atoms with Crippen LogP contribution in [-0.2, 0) is 12.8 Å². The molecule has 41 heavy (non-hydrogen) atoms. The number of rotatable bonds is 5. The van der Waals surface area contributed by atoms with E-state index in [4.69, 9.17) is 9.15 Å². The number of fused-ring (bicyclic) bond motifs is 2. The van der Waals surface area contributed by atoms with Gasteiger partial charge >= 0.3 is 6.18 Å². The quantitative estimate of drug-likeness (QED) is 0.222. The van der Waals surface area contributed by atoms with E-state index in [0.717, 1.165) is 28.8 Å². The Bertz CT molecular complexity index is 1860. The van der Waals surface area contributed by atoms with Crippen molar-refractivity contribution in [2.24, 2.45) is 0 Å². The molecule has 206 valence electrons. The number of hydrogen-bond donors (Lipinski definition) is 0. The van der Waals surface area contributed by atoms with Crippen LogP contribution in [0, 0.1) is 13.8 Å². The molecule has 1 aliphatic rings. The minimum absolute atomic E-state index is 0.00681. The monoisotopic (exact) mass is 555 g/mol. The van der Waals surface area contributed by atoms with Crippen molar-refractivity contribution in [3.63, 3.8) is 0 Å². The van der Waals surface area contributed by atoms with Crippen LogP contribution in [0.4, 0.5) is 18.9 Å². The lowest BCUT2D eigenvalue weighted by atomic mass is 9.97. The van der Waals surface area contributed by atoms with Crippen molar-refractivity contribution >= 4 is 22.6 Å². The van der Waals surface area contributed by atoms with Crippen LogP contribution in [0.5, 0.6) is 5.75 Å². The van der Waals surface area contributed by atoms with Gasteiger partial charge in [0.1, 0.15) is 17.9 Å².